The van der Waals surface area contributed by atoms with Gasteiger partial charge in [-0.2, -0.15) is 8.42 Å². The van der Waals surface area contributed by atoms with E-state index in [4.69, 9.17) is 10.3 Å². The van der Waals surface area contributed by atoms with Crippen LogP contribution >= 0.6 is 10.7 Å². The van der Waals surface area contributed by atoms with Crippen LogP contribution in [0.1, 0.15) is 6.92 Å². The molecule has 0 saturated heterocycles. The summed E-state index contributed by atoms with van der Waals surface area (Å²) in [7, 11) is -2.83. The SMILES string of the molecule is CCS(=O)(=O)Cl.Nc1ccc2c(O)cc(S(=O)(=O)O)cc2c1. The van der Waals surface area contributed by atoms with Crippen LogP contribution in [0.5, 0.6) is 5.75 Å². The van der Waals surface area contributed by atoms with E-state index in [2.05, 4.69) is 10.7 Å². The molecule has 0 bridgehead atoms. The van der Waals surface area contributed by atoms with Gasteiger partial charge in [0.05, 0.1) is 10.6 Å². The van der Waals surface area contributed by atoms with Gasteiger partial charge < -0.3 is 10.8 Å². The number of rotatable bonds is 2. The van der Waals surface area contributed by atoms with Crippen molar-refractivity contribution in [1.29, 1.82) is 0 Å². The smallest absolute Gasteiger partial charge is 0.294 e. The van der Waals surface area contributed by atoms with E-state index in [0.717, 1.165) is 6.07 Å². The van der Waals surface area contributed by atoms with Crippen LogP contribution in [0.4, 0.5) is 5.69 Å². The van der Waals surface area contributed by atoms with E-state index in [1.54, 1.807) is 12.1 Å². The van der Waals surface area contributed by atoms with Gasteiger partial charge in [0, 0.05) is 27.8 Å². The van der Waals surface area contributed by atoms with Crippen molar-refractivity contribution in [2.24, 2.45) is 0 Å². The molecule has 0 aromatic heterocycles. The molecule has 2 rings (SSSR count). The molecular formula is C12H14ClNO6S2. The first kappa shape index (κ1) is 18.5. The second-order valence-corrected chi connectivity index (χ2v) is 8.71. The molecule has 0 aliphatic carbocycles. The summed E-state index contributed by atoms with van der Waals surface area (Å²) in [5.74, 6) is -0.209. The lowest BCUT2D eigenvalue weighted by molar-refractivity contribution is 0.471. The molecule has 4 N–H and O–H groups in total. The number of nitrogens with two attached hydrogens (primary N) is 1. The van der Waals surface area contributed by atoms with Gasteiger partial charge in [0.1, 0.15) is 5.75 Å². The molecule has 0 fully saturated rings. The number of hydrogen-bond acceptors (Lipinski definition) is 6. The van der Waals surface area contributed by atoms with Gasteiger partial charge in [-0.15, -0.1) is 0 Å². The standard InChI is InChI=1S/C10H9NO4S.C2H5ClO2S/c11-7-1-2-9-6(3-7)4-8(5-10(9)12)16(13,14)15;1-2-6(3,4)5/h1-5,12H,11H2,(H,13,14,15);2H2,1H3. The van der Waals surface area contributed by atoms with Crippen molar-refractivity contribution in [3.63, 3.8) is 0 Å². The number of hydrogen-bond donors (Lipinski definition) is 3. The lowest BCUT2D eigenvalue weighted by Crippen LogP contribution is -1.97. The molecule has 22 heavy (non-hydrogen) atoms. The van der Waals surface area contributed by atoms with Gasteiger partial charge in [-0.3, -0.25) is 4.55 Å². The monoisotopic (exact) mass is 367 g/mol. The Hall–Kier alpha value is -1.55. The predicted octanol–water partition coefficient (Wildman–Crippen LogP) is 1.95. The van der Waals surface area contributed by atoms with Crippen LogP contribution in [0.25, 0.3) is 10.8 Å². The number of halogens is 1. The van der Waals surface area contributed by atoms with Crippen molar-refractivity contribution >= 4 is 46.3 Å². The van der Waals surface area contributed by atoms with Crippen LogP contribution in [0.15, 0.2) is 35.2 Å². The van der Waals surface area contributed by atoms with Crippen LogP contribution in [0.3, 0.4) is 0 Å². The molecule has 0 heterocycles. The lowest BCUT2D eigenvalue weighted by Gasteiger charge is -2.04. The molecule has 10 heteroatoms. The minimum absolute atomic E-state index is 0.00849. The maximum Gasteiger partial charge on any atom is 0.294 e. The van der Waals surface area contributed by atoms with Gasteiger partial charge in [0.25, 0.3) is 10.1 Å². The fraction of sp³-hybridized carbons (Fsp3) is 0.167. The van der Waals surface area contributed by atoms with E-state index >= 15 is 0 Å². The van der Waals surface area contributed by atoms with E-state index < -0.39 is 19.2 Å². The topological polar surface area (TPSA) is 135 Å². The fourth-order valence-corrected chi connectivity index (χ4v) is 2.03. The zero-order valence-electron chi connectivity index (χ0n) is 11.4. The summed E-state index contributed by atoms with van der Waals surface area (Å²) >= 11 is 0. The highest BCUT2D eigenvalue weighted by Crippen LogP contribution is 2.29. The highest BCUT2D eigenvalue weighted by Gasteiger charge is 2.13. The maximum atomic E-state index is 10.9. The normalized spacial score (nSPS) is 11.8. The second kappa shape index (κ2) is 6.69. The summed E-state index contributed by atoms with van der Waals surface area (Å²) in [4.78, 5) is -0.358. The average molecular weight is 368 g/mol. The molecule has 0 amide bonds. The number of phenols is 1. The number of fused-ring (bicyclic) bond motifs is 1. The van der Waals surface area contributed by atoms with Crippen LogP contribution in [0.2, 0.25) is 0 Å². The zero-order valence-corrected chi connectivity index (χ0v) is 13.8. The van der Waals surface area contributed by atoms with Gasteiger partial charge in [0.15, 0.2) is 0 Å². The number of nitrogen functional groups attached to an aromatic ring is 1. The minimum Gasteiger partial charge on any atom is -0.507 e. The van der Waals surface area contributed by atoms with E-state index in [-0.39, 0.29) is 16.4 Å². The van der Waals surface area contributed by atoms with Crippen LogP contribution < -0.4 is 5.73 Å². The first-order chi connectivity index (χ1) is 9.94. The molecule has 2 aromatic rings. The molecule has 2 aromatic carbocycles. The van der Waals surface area contributed by atoms with Crippen LogP contribution in [-0.4, -0.2) is 32.2 Å². The van der Waals surface area contributed by atoms with E-state index in [1.807, 2.05) is 0 Å². The third-order valence-corrected chi connectivity index (χ3v) is 4.75. The molecule has 0 unspecified atom stereocenters. The Kier molecular flexibility index (Phi) is 5.63. The molecule has 0 aliphatic rings. The number of aromatic hydroxyl groups is 1. The Morgan fingerprint density at radius 3 is 2.14 bits per heavy atom. The Morgan fingerprint density at radius 1 is 1.14 bits per heavy atom. The predicted molar refractivity (Wildman–Crippen MR) is 85.2 cm³/mol. The van der Waals surface area contributed by atoms with Crippen molar-refractivity contribution in [3.8, 4) is 5.75 Å². The van der Waals surface area contributed by atoms with Crippen molar-refractivity contribution in [2.75, 3.05) is 11.5 Å². The average Bonchev–Trinajstić information content (AvgIpc) is 2.37. The summed E-state index contributed by atoms with van der Waals surface area (Å²) < 4.78 is 50.3. The summed E-state index contributed by atoms with van der Waals surface area (Å²) in [6, 6.07) is 6.93. The number of phenolic OH excluding ortho intramolecular Hbond substituents is 1. The third-order valence-electron chi connectivity index (χ3n) is 2.57. The van der Waals surface area contributed by atoms with Gasteiger partial charge in [-0.05, 0) is 29.7 Å². The van der Waals surface area contributed by atoms with Gasteiger partial charge in [-0.1, -0.05) is 6.92 Å². The lowest BCUT2D eigenvalue weighted by atomic mass is 10.1. The molecule has 0 saturated carbocycles. The summed E-state index contributed by atoms with van der Waals surface area (Å²) in [6.07, 6.45) is 0. The Morgan fingerprint density at radius 2 is 1.68 bits per heavy atom. The molecule has 0 radical (unpaired) electrons. The molecule has 0 atom stereocenters. The van der Waals surface area contributed by atoms with Crippen molar-refractivity contribution < 1.29 is 26.5 Å². The van der Waals surface area contributed by atoms with E-state index in [9.17, 15) is 21.9 Å². The number of anilines is 1. The Balaban J connectivity index is 0.000000346. The molecule has 0 aliphatic heterocycles. The largest absolute Gasteiger partial charge is 0.507 e. The molecular weight excluding hydrogens is 354 g/mol. The fourth-order valence-electron chi connectivity index (χ4n) is 1.49. The summed E-state index contributed by atoms with van der Waals surface area (Å²) in [5.41, 5.74) is 5.98. The number of benzene rings is 2. The van der Waals surface area contributed by atoms with E-state index in [1.165, 1.54) is 19.1 Å². The Labute approximate surface area is 132 Å². The van der Waals surface area contributed by atoms with Gasteiger partial charge in [0.2, 0.25) is 9.05 Å². The van der Waals surface area contributed by atoms with Gasteiger partial charge >= 0.3 is 0 Å². The van der Waals surface area contributed by atoms with E-state index in [0.29, 0.717) is 16.5 Å². The van der Waals surface area contributed by atoms with Crippen LogP contribution in [0, 0.1) is 0 Å². The first-order valence-electron chi connectivity index (χ1n) is 5.86. The van der Waals surface area contributed by atoms with Gasteiger partial charge in [-0.25, -0.2) is 8.42 Å². The second-order valence-electron chi connectivity index (χ2n) is 4.23. The van der Waals surface area contributed by atoms with Crippen molar-refractivity contribution in [2.45, 2.75) is 11.8 Å². The maximum absolute atomic E-state index is 10.9. The molecule has 122 valence electrons. The molecule has 0 spiro atoms. The highest BCUT2D eigenvalue weighted by molar-refractivity contribution is 8.13. The highest BCUT2D eigenvalue weighted by atomic mass is 35.7. The Bertz CT molecular complexity index is 893. The quantitative estimate of drug-likeness (QED) is 0.419. The first-order valence-corrected chi connectivity index (χ1v) is 9.78. The zero-order chi connectivity index (χ0) is 17.1. The third kappa shape index (κ3) is 5.34. The van der Waals surface area contributed by atoms with Crippen LogP contribution in [-0.2, 0) is 19.2 Å². The van der Waals surface area contributed by atoms with Crippen molar-refractivity contribution in [1.82, 2.24) is 0 Å². The minimum atomic E-state index is -4.33. The summed E-state index contributed by atoms with van der Waals surface area (Å²) in [6.45, 7) is 1.49. The molecule has 7 nitrogen and oxygen atoms in total. The summed E-state index contributed by atoms with van der Waals surface area (Å²) in [5, 5.41) is 10.5. The van der Waals surface area contributed by atoms with Crippen molar-refractivity contribution in [3.05, 3.63) is 30.3 Å².